The number of hydrogen-bond donors (Lipinski definition) is 1. The minimum Gasteiger partial charge on any atom is -0.467 e. The third-order valence-corrected chi connectivity index (χ3v) is 4.25. The van der Waals surface area contributed by atoms with Crippen LogP contribution in [0.3, 0.4) is 0 Å². The van der Waals surface area contributed by atoms with Gasteiger partial charge in [-0.1, -0.05) is 6.92 Å². The molecular weight excluding hydrogens is 282 g/mol. The maximum absolute atomic E-state index is 10.3. The monoisotopic (exact) mass is 305 g/mol. The smallest absolute Gasteiger partial charge is 0.165 e. The Morgan fingerprint density at radius 3 is 3.18 bits per heavy atom. The summed E-state index contributed by atoms with van der Waals surface area (Å²) < 4.78 is 7.17. The Morgan fingerprint density at radius 1 is 1.50 bits per heavy atom. The summed E-state index contributed by atoms with van der Waals surface area (Å²) in [5.74, 6) is 1.55. The van der Waals surface area contributed by atoms with E-state index in [1.54, 1.807) is 6.26 Å². The van der Waals surface area contributed by atoms with E-state index < -0.39 is 6.10 Å². The fraction of sp³-hybridized carbons (Fsp3) is 0.667. The molecule has 1 fully saturated rings. The highest BCUT2D eigenvalue weighted by Crippen LogP contribution is 2.28. The number of nitrogens with zero attached hydrogens (tertiary/aromatic N) is 5. The third kappa shape index (κ3) is 3.36. The molecule has 2 unspecified atom stereocenters. The van der Waals surface area contributed by atoms with Crippen LogP contribution in [0.5, 0.6) is 0 Å². The second-order valence-corrected chi connectivity index (χ2v) is 5.85. The van der Waals surface area contributed by atoms with Crippen molar-refractivity contribution >= 4 is 0 Å². The minimum absolute atomic E-state index is 0.340. The van der Waals surface area contributed by atoms with Gasteiger partial charge in [-0.3, -0.25) is 4.90 Å². The molecule has 1 saturated heterocycles. The lowest BCUT2D eigenvalue weighted by molar-refractivity contribution is 0.0981. The molecule has 1 aliphatic rings. The number of likely N-dealkylation sites (tertiary alicyclic amines) is 1. The van der Waals surface area contributed by atoms with Crippen LogP contribution in [0.25, 0.3) is 0 Å². The summed E-state index contributed by atoms with van der Waals surface area (Å²) in [6, 6.07) is 3.97. The zero-order valence-electron chi connectivity index (χ0n) is 12.9. The number of aryl methyl sites for hydroxylation is 1. The molecule has 2 aromatic rings. The summed E-state index contributed by atoms with van der Waals surface area (Å²) in [4.78, 5) is 2.37. The van der Waals surface area contributed by atoms with Crippen LogP contribution in [-0.4, -0.2) is 42.8 Å². The molecule has 0 aromatic carbocycles. The summed E-state index contributed by atoms with van der Waals surface area (Å²) in [5, 5.41) is 22.2. The Hall–Kier alpha value is -1.73. The van der Waals surface area contributed by atoms with Crippen molar-refractivity contribution in [1.82, 2.24) is 25.1 Å². The number of tetrazole rings is 1. The van der Waals surface area contributed by atoms with Gasteiger partial charge in [0.1, 0.15) is 11.9 Å². The molecule has 120 valence electrons. The molecule has 0 spiro atoms. The van der Waals surface area contributed by atoms with E-state index in [2.05, 4.69) is 27.3 Å². The van der Waals surface area contributed by atoms with Gasteiger partial charge in [0.15, 0.2) is 5.82 Å². The van der Waals surface area contributed by atoms with Crippen molar-refractivity contribution in [3.63, 3.8) is 0 Å². The van der Waals surface area contributed by atoms with E-state index in [4.69, 9.17) is 4.42 Å². The molecule has 0 saturated carbocycles. The first kappa shape index (κ1) is 15.2. The van der Waals surface area contributed by atoms with Gasteiger partial charge in [-0.15, -0.1) is 5.10 Å². The Morgan fingerprint density at radius 2 is 2.41 bits per heavy atom. The number of aliphatic hydroxyl groups excluding tert-OH is 1. The molecule has 2 aromatic heterocycles. The van der Waals surface area contributed by atoms with Crippen molar-refractivity contribution < 1.29 is 9.52 Å². The van der Waals surface area contributed by atoms with Crippen LogP contribution in [-0.2, 0) is 13.1 Å². The number of aliphatic hydroxyl groups is 1. The molecule has 1 N–H and O–H groups in total. The van der Waals surface area contributed by atoms with Crippen molar-refractivity contribution in [3.8, 4) is 0 Å². The van der Waals surface area contributed by atoms with Crippen molar-refractivity contribution in [1.29, 1.82) is 0 Å². The van der Waals surface area contributed by atoms with E-state index in [-0.39, 0.29) is 0 Å². The molecule has 0 amide bonds. The molecule has 3 rings (SSSR count). The average molecular weight is 305 g/mol. The lowest BCUT2D eigenvalue weighted by Crippen LogP contribution is -2.31. The van der Waals surface area contributed by atoms with Gasteiger partial charge in [-0.2, -0.15) is 0 Å². The molecule has 0 bridgehead atoms. The Labute approximate surface area is 129 Å². The van der Waals surface area contributed by atoms with E-state index >= 15 is 0 Å². The topological polar surface area (TPSA) is 80.2 Å². The molecule has 0 radical (unpaired) electrons. The first-order valence-corrected chi connectivity index (χ1v) is 7.98. The van der Waals surface area contributed by atoms with Gasteiger partial charge in [0.05, 0.1) is 12.8 Å². The quantitative estimate of drug-likeness (QED) is 0.839. The second-order valence-electron chi connectivity index (χ2n) is 5.85. The SMILES string of the molecule is CCCn1nnnc1CN1CCCC1CC(O)c1ccco1. The zero-order valence-corrected chi connectivity index (χ0v) is 12.9. The normalized spacial score (nSPS) is 20.5. The highest BCUT2D eigenvalue weighted by Gasteiger charge is 2.29. The van der Waals surface area contributed by atoms with Gasteiger partial charge in [-0.05, 0) is 54.8 Å². The summed E-state index contributed by atoms with van der Waals surface area (Å²) in [7, 11) is 0. The Balaban J connectivity index is 1.62. The summed E-state index contributed by atoms with van der Waals surface area (Å²) in [5.41, 5.74) is 0. The summed E-state index contributed by atoms with van der Waals surface area (Å²) >= 11 is 0. The van der Waals surface area contributed by atoms with E-state index in [0.717, 1.165) is 44.7 Å². The van der Waals surface area contributed by atoms with Gasteiger partial charge in [0.25, 0.3) is 0 Å². The third-order valence-electron chi connectivity index (χ3n) is 4.25. The fourth-order valence-corrected chi connectivity index (χ4v) is 3.13. The fourth-order valence-electron chi connectivity index (χ4n) is 3.13. The lowest BCUT2D eigenvalue weighted by atomic mass is 10.1. The molecule has 1 aliphatic heterocycles. The molecule has 2 atom stereocenters. The van der Waals surface area contributed by atoms with Gasteiger partial charge < -0.3 is 9.52 Å². The highest BCUT2D eigenvalue weighted by atomic mass is 16.4. The van der Waals surface area contributed by atoms with Gasteiger partial charge in [0.2, 0.25) is 0 Å². The first-order valence-electron chi connectivity index (χ1n) is 7.98. The predicted octanol–water partition coefficient (Wildman–Crippen LogP) is 1.76. The van der Waals surface area contributed by atoms with Crippen molar-refractivity contribution in [2.45, 2.75) is 57.8 Å². The standard InChI is InChI=1S/C15H23N5O2/c1-2-7-20-15(16-17-18-20)11-19-8-3-5-12(19)10-13(21)14-6-4-9-22-14/h4,6,9,12-13,21H,2-3,5,7-8,10-11H2,1H3. The Kier molecular flexibility index (Phi) is 4.84. The number of rotatable bonds is 7. The molecule has 0 aliphatic carbocycles. The molecule has 22 heavy (non-hydrogen) atoms. The molecule has 3 heterocycles. The van der Waals surface area contributed by atoms with Crippen LogP contribution in [0.2, 0.25) is 0 Å². The molecular formula is C15H23N5O2. The summed E-state index contributed by atoms with van der Waals surface area (Å²) in [6.07, 6.45) is 4.98. The second kappa shape index (κ2) is 7.02. The van der Waals surface area contributed by atoms with Crippen LogP contribution in [0.4, 0.5) is 0 Å². The summed E-state index contributed by atoms with van der Waals surface area (Å²) in [6.45, 7) is 4.72. The minimum atomic E-state index is -0.549. The largest absolute Gasteiger partial charge is 0.467 e. The average Bonchev–Trinajstić information content (AvgIpc) is 3.23. The van der Waals surface area contributed by atoms with Crippen LogP contribution in [0.15, 0.2) is 22.8 Å². The van der Waals surface area contributed by atoms with Crippen LogP contribution in [0.1, 0.15) is 50.3 Å². The number of furan rings is 1. The Bertz CT molecular complexity index is 568. The number of hydrogen-bond acceptors (Lipinski definition) is 6. The van der Waals surface area contributed by atoms with Crippen LogP contribution in [0, 0.1) is 0 Å². The van der Waals surface area contributed by atoms with E-state index in [1.807, 2.05) is 16.8 Å². The molecule has 7 nitrogen and oxygen atoms in total. The van der Waals surface area contributed by atoms with E-state index in [1.165, 1.54) is 0 Å². The van der Waals surface area contributed by atoms with Crippen LogP contribution < -0.4 is 0 Å². The first-order chi connectivity index (χ1) is 10.8. The maximum atomic E-state index is 10.3. The van der Waals surface area contributed by atoms with Crippen molar-refractivity contribution in [3.05, 3.63) is 30.0 Å². The van der Waals surface area contributed by atoms with Gasteiger partial charge in [0, 0.05) is 12.6 Å². The van der Waals surface area contributed by atoms with Crippen LogP contribution >= 0.6 is 0 Å². The number of aromatic nitrogens is 4. The van der Waals surface area contributed by atoms with E-state index in [0.29, 0.717) is 18.2 Å². The zero-order chi connectivity index (χ0) is 15.4. The van der Waals surface area contributed by atoms with Gasteiger partial charge in [-0.25, -0.2) is 4.68 Å². The van der Waals surface area contributed by atoms with E-state index in [9.17, 15) is 5.11 Å². The van der Waals surface area contributed by atoms with Gasteiger partial charge >= 0.3 is 0 Å². The lowest BCUT2D eigenvalue weighted by Gasteiger charge is -2.25. The molecule has 7 heteroatoms. The predicted molar refractivity (Wildman–Crippen MR) is 79.8 cm³/mol. The van der Waals surface area contributed by atoms with Crippen molar-refractivity contribution in [2.75, 3.05) is 6.54 Å². The van der Waals surface area contributed by atoms with Crippen molar-refractivity contribution in [2.24, 2.45) is 0 Å². The highest BCUT2D eigenvalue weighted by molar-refractivity contribution is 5.03. The maximum Gasteiger partial charge on any atom is 0.165 e.